The number of rotatable bonds is 7. The SMILES string of the molecule is Cn1c(=O)c2ccccc2c2c1cnn2CC(=O)NCCNCC1CCCCC1. The minimum absolute atomic E-state index is 0.0545. The maximum atomic E-state index is 12.5. The summed E-state index contributed by atoms with van der Waals surface area (Å²) < 4.78 is 3.27. The third-order valence-corrected chi connectivity index (χ3v) is 5.97. The summed E-state index contributed by atoms with van der Waals surface area (Å²) in [6, 6.07) is 7.47. The lowest BCUT2D eigenvalue weighted by molar-refractivity contribution is -0.121. The van der Waals surface area contributed by atoms with Crippen molar-refractivity contribution in [1.29, 1.82) is 0 Å². The average Bonchev–Trinajstić information content (AvgIpc) is 3.16. The Balaban J connectivity index is 1.38. The van der Waals surface area contributed by atoms with Crippen LogP contribution >= 0.6 is 0 Å². The number of carbonyl (C=O) groups excluding carboxylic acids is 1. The van der Waals surface area contributed by atoms with Crippen molar-refractivity contribution in [2.24, 2.45) is 13.0 Å². The second kappa shape index (κ2) is 8.78. The maximum Gasteiger partial charge on any atom is 0.258 e. The number of carbonyl (C=O) groups is 1. The molecular formula is C22H29N5O2. The van der Waals surface area contributed by atoms with Gasteiger partial charge in [0, 0.05) is 30.9 Å². The van der Waals surface area contributed by atoms with Crippen molar-refractivity contribution >= 4 is 27.7 Å². The number of pyridine rings is 1. The highest BCUT2D eigenvalue weighted by atomic mass is 16.2. The van der Waals surface area contributed by atoms with Crippen LogP contribution in [0.3, 0.4) is 0 Å². The maximum absolute atomic E-state index is 12.5. The van der Waals surface area contributed by atoms with Crippen LogP contribution in [0.15, 0.2) is 35.3 Å². The van der Waals surface area contributed by atoms with Gasteiger partial charge in [0.15, 0.2) is 0 Å². The monoisotopic (exact) mass is 395 g/mol. The summed E-state index contributed by atoms with van der Waals surface area (Å²) in [4.78, 5) is 25.0. The first kappa shape index (κ1) is 19.6. The van der Waals surface area contributed by atoms with Crippen molar-refractivity contribution in [2.75, 3.05) is 19.6 Å². The molecule has 1 saturated carbocycles. The average molecular weight is 396 g/mol. The van der Waals surface area contributed by atoms with E-state index in [0.717, 1.165) is 35.4 Å². The Bertz CT molecular complexity index is 1060. The van der Waals surface area contributed by atoms with Gasteiger partial charge in [-0.1, -0.05) is 37.5 Å². The van der Waals surface area contributed by atoms with E-state index in [1.807, 2.05) is 24.3 Å². The van der Waals surface area contributed by atoms with Crippen molar-refractivity contribution in [3.05, 3.63) is 40.8 Å². The molecule has 1 aromatic carbocycles. The molecule has 0 saturated heterocycles. The van der Waals surface area contributed by atoms with Gasteiger partial charge in [-0.2, -0.15) is 5.10 Å². The van der Waals surface area contributed by atoms with Crippen molar-refractivity contribution in [2.45, 2.75) is 38.6 Å². The van der Waals surface area contributed by atoms with Crippen LogP contribution in [0.25, 0.3) is 21.8 Å². The second-order valence-corrected chi connectivity index (χ2v) is 8.00. The molecule has 7 heteroatoms. The van der Waals surface area contributed by atoms with Crippen molar-refractivity contribution in [3.63, 3.8) is 0 Å². The standard InChI is InChI=1S/C22H29N5O2/c1-26-19-14-25-27(21(19)17-9-5-6-10-18(17)22(26)29)15-20(28)24-12-11-23-13-16-7-3-2-4-8-16/h5-6,9-10,14,16,23H,2-4,7-8,11-13,15H2,1H3,(H,24,28). The van der Waals surface area contributed by atoms with Crippen LogP contribution in [-0.4, -0.2) is 39.9 Å². The highest BCUT2D eigenvalue weighted by Crippen LogP contribution is 2.23. The Hall–Kier alpha value is -2.67. The van der Waals surface area contributed by atoms with Crippen molar-refractivity contribution < 1.29 is 4.79 Å². The van der Waals surface area contributed by atoms with Crippen molar-refractivity contribution in [3.8, 4) is 0 Å². The molecule has 1 aliphatic rings. The second-order valence-electron chi connectivity index (χ2n) is 8.00. The molecule has 0 radical (unpaired) electrons. The number of aromatic nitrogens is 3. The molecular weight excluding hydrogens is 366 g/mol. The predicted octanol–water partition coefficient (Wildman–Crippen LogP) is 2.17. The molecule has 0 atom stereocenters. The topological polar surface area (TPSA) is 81.0 Å². The van der Waals surface area contributed by atoms with E-state index in [-0.39, 0.29) is 18.0 Å². The molecule has 0 bridgehead atoms. The highest BCUT2D eigenvalue weighted by molar-refractivity contribution is 6.03. The van der Waals surface area contributed by atoms with Gasteiger partial charge in [0.05, 0.1) is 17.2 Å². The van der Waals surface area contributed by atoms with Gasteiger partial charge >= 0.3 is 0 Å². The molecule has 2 aromatic heterocycles. The minimum Gasteiger partial charge on any atom is -0.353 e. The van der Waals surface area contributed by atoms with Crippen LogP contribution in [0.1, 0.15) is 32.1 Å². The van der Waals surface area contributed by atoms with Crippen LogP contribution in [0.5, 0.6) is 0 Å². The summed E-state index contributed by atoms with van der Waals surface area (Å²) in [6.07, 6.45) is 8.37. The molecule has 3 aromatic rings. The first-order valence-corrected chi connectivity index (χ1v) is 10.6. The van der Waals surface area contributed by atoms with E-state index < -0.39 is 0 Å². The summed E-state index contributed by atoms with van der Waals surface area (Å²) in [6.45, 7) is 2.55. The third kappa shape index (κ3) is 4.19. The molecule has 1 amide bonds. The fourth-order valence-corrected chi connectivity index (χ4v) is 4.36. The van der Waals surface area contributed by atoms with E-state index in [1.54, 1.807) is 22.5 Å². The summed E-state index contributed by atoms with van der Waals surface area (Å²) in [5.41, 5.74) is 1.49. The molecule has 29 heavy (non-hydrogen) atoms. The molecule has 7 nitrogen and oxygen atoms in total. The van der Waals surface area contributed by atoms with Gasteiger partial charge in [0.1, 0.15) is 6.54 Å². The fraction of sp³-hybridized carbons (Fsp3) is 0.500. The molecule has 4 rings (SSSR count). The number of nitrogens with one attached hydrogen (secondary N) is 2. The number of aryl methyl sites for hydroxylation is 1. The third-order valence-electron chi connectivity index (χ3n) is 5.97. The van der Waals surface area contributed by atoms with E-state index >= 15 is 0 Å². The number of fused-ring (bicyclic) bond motifs is 3. The van der Waals surface area contributed by atoms with Crippen LogP contribution < -0.4 is 16.2 Å². The van der Waals surface area contributed by atoms with E-state index in [9.17, 15) is 9.59 Å². The summed E-state index contributed by atoms with van der Waals surface area (Å²) >= 11 is 0. The number of hydrogen-bond acceptors (Lipinski definition) is 4. The smallest absolute Gasteiger partial charge is 0.258 e. The lowest BCUT2D eigenvalue weighted by Gasteiger charge is -2.21. The van der Waals surface area contributed by atoms with Crippen LogP contribution in [0, 0.1) is 5.92 Å². The van der Waals surface area contributed by atoms with Gasteiger partial charge in [-0.05, 0) is 31.4 Å². The molecule has 0 spiro atoms. The first-order valence-electron chi connectivity index (χ1n) is 10.6. The summed E-state index contributed by atoms with van der Waals surface area (Å²) in [5.74, 6) is 0.710. The minimum atomic E-state index is -0.0765. The molecule has 1 aliphatic carbocycles. The lowest BCUT2D eigenvalue weighted by Crippen LogP contribution is -2.36. The largest absolute Gasteiger partial charge is 0.353 e. The van der Waals surface area contributed by atoms with E-state index in [4.69, 9.17) is 0 Å². The molecule has 0 aliphatic heterocycles. The molecule has 154 valence electrons. The zero-order valence-electron chi connectivity index (χ0n) is 17.0. The summed E-state index contributed by atoms with van der Waals surface area (Å²) in [5, 5.41) is 12.3. The number of nitrogens with zero attached hydrogens (tertiary/aromatic N) is 3. The lowest BCUT2D eigenvalue weighted by atomic mass is 9.89. The van der Waals surface area contributed by atoms with Gasteiger partial charge in [0.2, 0.25) is 5.91 Å². The van der Waals surface area contributed by atoms with Crippen LogP contribution in [-0.2, 0) is 18.4 Å². The van der Waals surface area contributed by atoms with Crippen LogP contribution in [0.2, 0.25) is 0 Å². The zero-order valence-corrected chi connectivity index (χ0v) is 17.0. The fourth-order valence-electron chi connectivity index (χ4n) is 4.36. The Morgan fingerprint density at radius 2 is 1.90 bits per heavy atom. The Morgan fingerprint density at radius 1 is 1.14 bits per heavy atom. The van der Waals surface area contributed by atoms with Gasteiger partial charge in [-0.25, -0.2) is 0 Å². The van der Waals surface area contributed by atoms with E-state index in [0.29, 0.717) is 11.9 Å². The predicted molar refractivity (Wildman–Crippen MR) is 115 cm³/mol. The van der Waals surface area contributed by atoms with Gasteiger partial charge in [-0.15, -0.1) is 0 Å². The molecule has 2 heterocycles. The Labute approximate surface area is 170 Å². The molecule has 0 unspecified atom stereocenters. The normalized spacial score (nSPS) is 15.2. The number of hydrogen-bond donors (Lipinski definition) is 2. The van der Waals surface area contributed by atoms with Crippen molar-refractivity contribution in [1.82, 2.24) is 25.0 Å². The number of amides is 1. The summed E-state index contributed by atoms with van der Waals surface area (Å²) in [7, 11) is 1.74. The Kier molecular flexibility index (Phi) is 5.94. The number of benzene rings is 1. The van der Waals surface area contributed by atoms with E-state index in [1.165, 1.54) is 32.1 Å². The van der Waals surface area contributed by atoms with Crippen LogP contribution in [0.4, 0.5) is 0 Å². The van der Waals surface area contributed by atoms with Gasteiger partial charge < -0.3 is 15.2 Å². The van der Waals surface area contributed by atoms with Gasteiger partial charge in [0.25, 0.3) is 5.56 Å². The zero-order chi connectivity index (χ0) is 20.2. The highest BCUT2D eigenvalue weighted by Gasteiger charge is 2.15. The Morgan fingerprint density at radius 3 is 2.69 bits per heavy atom. The quantitative estimate of drug-likeness (QED) is 0.601. The van der Waals surface area contributed by atoms with E-state index in [2.05, 4.69) is 15.7 Å². The molecule has 1 fully saturated rings. The first-order chi connectivity index (χ1) is 14.1. The molecule has 2 N–H and O–H groups in total. The van der Waals surface area contributed by atoms with Gasteiger partial charge in [-0.3, -0.25) is 14.3 Å².